The lowest BCUT2D eigenvalue weighted by atomic mass is 10.3. The lowest BCUT2D eigenvalue weighted by Gasteiger charge is -2.00. The highest BCUT2D eigenvalue weighted by Gasteiger charge is 2.27. The van der Waals surface area contributed by atoms with E-state index >= 15 is 0 Å². The highest BCUT2D eigenvalue weighted by Crippen LogP contribution is 2.41. The number of anilines is 1. The van der Waals surface area contributed by atoms with E-state index in [1.165, 1.54) is 24.4 Å². The molecule has 2 aromatic rings. The first kappa shape index (κ1) is 10.1. The Kier molecular flexibility index (Phi) is 2.57. The second-order valence-corrected chi connectivity index (χ2v) is 5.87. The van der Waals surface area contributed by atoms with Crippen LogP contribution in [0.4, 0.5) is 5.69 Å². The molecule has 0 unspecified atom stereocenters. The van der Waals surface area contributed by atoms with Gasteiger partial charge in [0, 0.05) is 16.5 Å². The maximum Gasteiger partial charge on any atom is 0.174 e. The van der Waals surface area contributed by atoms with E-state index in [1.54, 1.807) is 11.8 Å². The molecule has 0 atom stereocenters. The summed E-state index contributed by atoms with van der Waals surface area (Å²) in [6.45, 7) is 0. The first-order valence-electron chi connectivity index (χ1n) is 5.19. The van der Waals surface area contributed by atoms with E-state index in [-0.39, 0.29) is 0 Å². The van der Waals surface area contributed by atoms with Gasteiger partial charge in [0.1, 0.15) is 5.82 Å². The fraction of sp³-hybridized carbons (Fsp3) is 0.273. The number of benzene rings is 1. The first-order valence-corrected chi connectivity index (χ1v) is 6.78. The van der Waals surface area contributed by atoms with Crippen LogP contribution in [0.5, 0.6) is 0 Å². The van der Waals surface area contributed by atoms with E-state index in [9.17, 15) is 0 Å². The molecule has 1 saturated carbocycles. The van der Waals surface area contributed by atoms with Crippen molar-refractivity contribution >= 4 is 29.0 Å². The number of nitrogen functional groups attached to an aromatic ring is 1. The highest BCUT2D eigenvalue weighted by atomic mass is 32.2. The van der Waals surface area contributed by atoms with Gasteiger partial charge in [-0.15, -0.1) is 0 Å². The van der Waals surface area contributed by atoms with E-state index in [1.807, 2.05) is 24.3 Å². The number of rotatable bonds is 3. The zero-order chi connectivity index (χ0) is 11.0. The zero-order valence-corrected chi connectivity index (χ0v) is 10.2. The van der Waals surface area contributed by atoms with Crippen molar-refractivity contribution in [2.75, 3.05) is 5.73 Å². The summed E-state index contributed by atoms with van der Waals surface area (Å²) in [6, 6.07) is 7.85. The van der Waals surface area contributed by atoms with Crippen LogP contribution in [0.25, 0.3) is 0 Å². The Morgan fingerprint density at radius 1 is 1.31 bits per heavy atom. The van der Waals surface area contributed by atoms with E-state index in [2.05, 4.69) is 9.36 Å². The molecule has 1 aliphatic carbocycles. The summed E-state index contributed by atoms with van der Waals surface area (Å²) in [5.74, 6) is 1.64. The predicted octanol–water partition coefficient (Wildman–Crippen LogP) is 3.15. The summed E-state index contributed by atoms with van der Waals surface area (Å²) < 4.78 is 5.36. The summed E-state index contributed by atoms with van der Waals surface area (Å²) >= 11 is 3.07. The van der Waals surface area contributed by atoms with E-state index < -0.39 is 0 Å². The Balaban J connectivity index is 1.80. The third-order valence-electron chi connectivity index (χ3n) is 2.48. The summed E-state index contributed by atoms with van der Waals surface area (Å²) in [7, 11) is 0. The Morgan fingerprint density at radius 3 is 2.88 bits per heavy atom. The lowest BCUT2D eigenvalue weighted by molar-refractivity contribution is 0.958. The molecular weight excluding hydrogens is 238 g/mol. The lowest BCUT2D eigenvalue weighted by Crippen LogP contribution is -1.87. The largest absolute Gasteiger partial charge is 0.398 e. The molecule has 0 saturated heterocycles. The first-order chi connectivity index (χ1) is 7.83. The van der Waals surface area contributed by atoms with Crippen LogP contribution in [0.2, 0.25) is 0 Å². The van der Waals surface area contributed by atoms with Crippen molar-refractivity contribution < 1.29 is 0 Å². The number of nitrogens with two attached hydrogens (primary N) is 1. The van der Waals surface area contributed by atoms with Crippen molar-refractivity contribution in [3.8, 4) is 0 Å². The minimum absolute atomic E-state index is 0.624. The SMILES string of the molecule is Nc1ccccc1Sc1nc(C2CC2)ns1. The smallest absolute Gasteiger partial charge is 0.174 e. The van der Waals surface area contributed by atoms with Gasteiger partial charge in [0.25, 0.3) is 0 Å². The van der Waals surface area contributed by atoms with Crippen molar-refractivity contribution in [3.05, 3.63) is 30.1 Å². The van der Waals surface area contributed by atoms with Crippen LogP contribution in [0.3, 0.4) is 0 Å². The van der Waals surface area contributed by atoms with Gasteiger partial charge in [0.15, 0.2) is 4.34 Å². The Labute approximate surface area is 102 Å². The van der Waals surface area contributed by atoms with E-state index in [4.69, 9.17) is 5.73 Å². The van der Waals surface area contributed by atoms with Gasteiger partial charge in [-0.3, -0.25) is 0 Å². The van der Waals surface area contributed by atoms with Crippen molar-refractivity contribution in [2.24, 2.45) is 0 Å². The van der Waals surface area contributed by atoms with Crippen LogP contribution in [0.15, 0.2) is 33.5 Å². The van der Waals surface area contributed by atoms with Crippen molar-refractivity contribution in [3.63, 3.8) is 0 Å². The summed E-state index contributed by atoms with van der Waals surface area (Å²) in [6.07, 6.45) is 2.49. The summed E-state index contributed by atoms with van der Waals surface area (Å²) in [4.78, 5) is 5.58. The van der Waals surface area contributed by atoms with Gasteiger partial charge < -0.3 is 5.73 Å². The maximum absolute atomic E-state index is 5.88. The molecule has 0 aliphatic heterocycles. The second kappa shape index (κ2) is 4.07. The van der Waals surface area contributed by atoms with Crippen LogP contribution >= 0.6 is 23.3 Å². The van der Waals surface area contributed by atoms with E-state index in [0.717, 1.165) is 20.7 Å². The Morgan fingerprint density at radius 2 is 2.12 bits per heavy atom. The molecule has 2 N–H and O–H groups in total. The number of para-hydroxylation sites is 1. The van der Waals surface area contributed by atoms with Gasteiger partial charge in [-0.2, -0.15) is 4.37 Å². The molecule has 1 aromatic heterocycles. The topological polar surface area (TPSA) is 51.8 Å². The molecule has 3 rings (SSSR count). The van der Waals surface area contributed by atoms with Crippen LogP contribution in [-0.2, 0) is 0 Å². The van der Waals surface area contributed by atoms with Gasteiger partial charge in [0.2, 0.25) is 0 Å². The standard InChI is InChI=1S/C11H11N3S2/c12-8-3-1-2-4-9(8)15-11-13-10(14-16-11)7-5-6-7/h1-4,7H,5-6,12H2. The van der Waals surface area contributed by atoms with Crippen molar-refractivity contribution in [1.82, 2.24) is 9.36 Å². The number of aromatic nitrogens is 2. The predicted molar refractivity (Wildman–Crippen MR) is 66.9 cm³/mol. The van der Waals surface area contributed by atoms with Gasteiger partial charge in [-0.1, -0.05) is 23.9 Å². The third kappa shape index (κ3) is 2.05. The molecule has 1 aromatic carbocycles. The van der Waals surface area contributed by atoms with Crippen LogP contribution in [0, 0.1) is 0 Å². The fourth-order valence-corrected chi connectivity index (χ4v) is 3.12. The van der Waals surface area contributed by atoms with Crippen molar-refractivity contribution in [2.45, 2.75) is 28.0 Å². The highest BCUT2D eigenvalue weighted by molar-refractivity contribution is 8.01. The number of hydrogen-bond donors (Lipinski definition) is 1. The minimum Gasteiger partial charge on any atom is -0.398 e. The van der Waals surface area contributed by atoms with Crippen LogP contribution < -0.4 is 5.73 Å². The zero-order valence-electron chi connectivity index (χ0n) is 8.59. The fourth-order valence-electron chi connectivity index (χ4n) is 1.44. The molecule has 0 bridgehead atoms. The third-order valence-corrected chi connectivity index (χ3v) is 4.34. The average molecular weight is 249 g/mol. The summed E-state index contributed by atoms with van der Waals surface area (Å²) in [5.41, 5.74) is 6.68. The monoisotopic (exact) mass is 249 g/mol. The van der Waals surface area contributed by atoms with Crippen LogP contribution in [0.1, 0.15) is 24.6 Å². The van der Waals surface area contributed by atoms with Gasteiger partial charge in [-0.05, 0) is 36.5 Å². The molecule has 3 nitrogen and oxygen atoms in total. The molecular formula is C11H11N3S2. The number of nitrogens with zero attached hydrogens (tertiary/aromatic N) is 2. The molecule has 1 fully saturated rings. The summed E-state index contributed by atoms with van der Waals surface area (Å²) in [5, 5.41) is 0. The normalized spacial score (nSPS) is 15.2. The Hall–Kier alpha value is -1.07. The number of hydrogen-bond acceptors (Lipinski definition) is 5. The molecule has 82 valence electrons. The van der Waals surface area contributed by atoms with E-state index in [0.29, 0.717) is 5.92 Å². The molecule has 0 spiro atoms. The van der Waals surface area contributed by atoms with Gasteiger partial charge >= 0.3 is 0 Å². The molecule has 5 heteroatoms. The van der Waals surface area contributed by atoms with Crippen molar-refractivity contribution in [1.29, 1.82) is 0 Å². The molecule has 16 heavy (non-hydrogen) atoms. The van der Waals surface area contributed by atoms with Gasteiger partial charge in [0.05, 0.1) is 0 Å². The molecule has 0 amide bonds. The van der Waals surface area contributed by atoms with Gasteiger partial charge in [-0.25, -0.2) is 4.98 Å². The minimum atomic E-state index is 0.624. The Bertz CT molecular complexity index is 505. The van der Waals surface area contributed by atoms with Crippen LogP contribution in [-0.4, -0.2) is 9.36 Å². The average Bonchev–Trinajstić information content (AvgIpc) is 3.03. The molecule has 1 heterocycles. The maximum atomic E-state index is 5.88. The molecule has 0 radical (unpaired) electrons. The molecule has 1 aliphatic rings. The quantitative estimate of drug-likeness (QED) is 0.849. The second-order valence-electron chi connectivity index (χ2n) is 3.83.